The first-order valence-electron chi connectivity index (χ1n) is 9.30. The number of anilines is 1. The molecule has 32 heavy (non-hydrogen) atoms. The lowest BCUT2D eigenvalue weighted by atomic mass is 10.1. The zero-order valence-corrected chi connectivity index (χ0v) is 18.8. The number of aryl methyl sites for hydroxylation is 1. The van der Waals surface area contributed by atoms with E-state index in [1.807, 2.05) is 0 Å². The third-order valence-electron chi connectivity index (χ3n) is 4.30. The van der Waals surface area contributed by atoms with E-state index < -0.39 is 30.4 Å². The van der Waals surface area contributed by atoms with Crippen LogP contribution in [0, 0.1) is 6.92 Å². The van der Waals surface area contributed by atoms with Gasteiger partial charge in [0.15, 0.2) is 12.4 Å². The van der Waals surface area contributed by atoms with E-state index in [1.165, 1.54) is 37.8 Å². The largest absolute Gasteiger partial charge is 0.460 e. The summed E-state index contributed by atoms with van der Waals surface area (Å²) >= 11 is 0.809. The number of nitrogens with two attached hydrogens (primary N) is 1. The highest BCUT2D eigenvalue weighted by Crippen LogP contribution is 2.33. The van der Waals surface area contributed by atoms with E-state index in [0.717, 1.165) is 11.3 Å². The number of aromatic nitrogens is 1. The minimum atomic E-state index is -0.811. The molecule has 0 unspecified atom stereocenters. The molecule has 0 bridgehead atoms. The van der Waals surface area contributed by atoms with E-state index in [-0.39, 0.29) is 45.7 Å². The molecule has 0 saturated heterocycles. The van der Waals surface area contributed by atoms with Gasteiger partial charge in [-0.25, -0.2) is 9.59 Å². The van der Waals surface area contributed by atoms with Gasteiger partial charge in [-0.2, -0.15) is 0 Å². The van der Waals surface area contributed by atoms with Crippen LogP contribution in [-0.2, 0) is 26.1 Å². The smallest absolute Gasteiger partial charge is 0.355 e. The summed E-state index contributed by atoms with van der Waals surface area (Å²) in [7, 11) is 3.00. The van der Waals surface area contributed by atoms with Crippen molar-refractivity contribution in [3.63, 3.8) is 0 Å². The number of Topliss-reactive ketones (excluding diaryl/α,β-unsaturated/α-hetero) is 1. The summed E-state index contributed by atoms with van der Waals surface area (Å²) in [6.45, 7) is 2.33. The average molecular weight is 465 g/mol. The molecule has 0 spiro atoms. The van der Waals surface area contributed by atoms with Crippen molar-refractivity contribution < 1.29 is 38.2 Å². The Kier molecular flexibility index (Phi) is 8.27. The number of thiophene rings is 1. The number of nitrogens with zero attached hydrogens (tertiary/aromatic N) is 1. The molecule has 12 heteroatoms. The Morgan fingerprint density at radius 1 is 1.12 bits per heavy atom. The van der Waals surface area contributed by atoms with Crippen LogP contribution in [0.2, 0.25) is 0 Å². The van der Waals surface area contributed by atoms with Crippen molar-refractivity contribution in [1.82, 2.24) is 4.57 Å². The molecule has 0 aliphatic rings. The van der Waals surface area contributed by atoms with Crippen LogP contribution in [0.1, 0.15) is 53.4 Å². The summed E-state index contributed by atoms with van der Waals surface area (Å²) in [6.07, 6.45) is 1.47. The van der Waals surface area contributed by atoms with Crippen molar-refractivity contribution in [2.45, 2.75) is 13.8 Å². The predicted octanol–water partition coefficient (Wildman–Crippen LogP) is 1.30. The fourth-order valence-electron chi connectivity index (χ4n) is 2.70. The number of hydrogen-bond acceptors (Lipinski definition) is 9. The topological polar surface area (TPSA) is 156 Å². The van der Waals surface area contributed by atoms with E-state index in [2.05, 4.69) is 5.32 Å². The van der Waals surface area contributed by atoms with Crippen LogP contribution in [0.3, 0.4) is 0 Å². The molecule has 172 valence electrons. The molecule has 2 rings (SSSR count). The molecule has 2 aromatic rings. The van der Waals surface area contributed by atoms with Crippen molar-refractivity contribution in [3.05, 3.63) is 39.5 Å². The summed E-state index contributed by atoms with van der Waals surface area (Å²) in [4.78, 5) is 60.2. The van der Waals surface area contributed by atoms with Crippen molar-refractivity contribution >= 4 is 45.9 Å². The maximum absolute atomic E-state index is 12.4. The molecule has 2 amide bonds. The van der Waals surface area contributed by atoms with E-state index in [0.29, 0.717) is 5.56 Å². The lowest BCUT2D eigenvalue weighted by Gasteiger charge is -2.09. The molecule has 3 N–H and O–H groups in total. The first-order chi connectivity index (χ1) is 15.1. The maximum atomic E-state index is 12.4. The van der Waals surface area contributed by atoms with Gasteiger partial charge in [-0.15, -0.1) is 11.3 Å². The second-order valence-electron chi connectivity index (χ2n) is 6.66. The summed E-state index contributed by atoms with van der Waals surface area (Å²) in [5.74, 6) is -3.32. The molecule has 0 saturated carbocycles. The second kappa shape index (κ2) is 10.7. The van der Waals surface area contributed by atoms with Crippen molar-refractivity contribution in [3.8, 4) is 0 Å². The first kappa shape index (κ1) is 24.8. The highest BCUT2D eigenvalue weighted by Gasteiger charge is 2.26. The molecule has 0 aliphatic heterocycles. The third kappa shape index (κ3) is 5.80. The Labute approximate surface area is 187 Å². The van der Waals surface area contributed by atoms with Crippen molar-refractivity contribution in [1.29, 1.82) is 0 Å². The Hall–Kier alpha value is -3.51. The molecule has 0 aliphatic carbocycles. The number of carbonyl (C=O) groups is 5. The van der Waals surface area contributed by atoms with Crippen LogP contribution in [0.5, 0.6) is 0 Å². The zero-order valence-electron chi connectivity index (χ0n) is 18.0. The zero-order chi connectivity index (χ0) is 24.0. The molecule has 0 fully saturated rings. The summed E-state index contributed by atoms with van der Waals surface area (Å²) in [5, 5.41) is 2.48. The van der Waals surface area contributed by atoms with Gasteiger partial charge in [0.2, 0.25) is 0 Å². The molecular formula is C20H23N3O8S. The van der Waals surface area contributed by atoms with Gasteiger partial charge in [0, 0.05) is 25.9 Å². The number of amides is 2. The van der Waals surface area contributed by atoms with Gasteiger partial charge in [0.05, 0.1) is 17.0 Å². The number of primary amides is 1. The van der Waals surface area contributed by atoms with Crippen LogP contribution < -0.4 is 11.1 Å². The molecular weight excluding hydrogens is 442 g/mol. The lowest BCUT2D eigenvalue weighted by Crippen LogP contribution is -2.22. The second-order valence-corrected chi connectivity index (χ2v) is 7.68. The highest BCUT2D eigenvalue weighted by atomic mass is 32.1. The van der Waals surface area contributed by atoms with Crippen molar-refractivity contribution in [2.24, 2.45) is 12.8 Å². The molecule has 11 nitrogen and oxygen atoms in total. The first-order valence-corrected chi connectivity index (χ1v) is 10.1. The van der Waals surface area contributed by atoms with E-state index >= 15 is 0 Å². The van der Waals surface area contributed by atoms with Gasteiger partial charge in [0.25, 0.3) is 11.8 Å². The SMILES string of the molecule is COCCOC(=O)c1c(NC(=O)COC(=O)c2cc(C(C)=O)cn2C)sc(C(N)=O)c1C. The number of hydrogen-bond donors (Lipinski definition) is 2. The maximum Gasteiger partial charge on any atom is 0.355 e. The standard InChI is InChI=1S/C20H23N3O8S/c1-10-15(20(28)30-6-5-29-4)18(32-16(10)17(21)26)22-14(25)9-31-19(27)13-7-12(11(2)24)8-23(13)3/h7-8H,5-6,9H2,1-4H3,(H2,21,26)(H,22,25). The predicted molar refractivity (Wildman–Crippen MR) is 114 cm³/mol. The minimum Gasteiger partial charge on any atom is -0.460 e. The normalized spacial score (nSPS) is 10.5. The van der Waals surface area contributed by atoms with Gasteiger partial charge >= 0.3 is 11.9 Å². The quantitative estimate of drug-likeness (QED) is 0.302. The van der Waals surface area contributed by atoms with Gasteiger partial charge in [-0.3, -0.25) is 14.4 Å². The van der Waals surface area contributed by atoms with Crippen LogP contribution >= 0.6 is 11.3 Å². The summed E-state index contributed by atoms with van der Waals surface area (Å²) in [5.41, 5.74) is 6.00. The molecule has 2 aromatic heterocycles. The molecule has 0 aromatic carbocycles. The van der Waals surface area contributed by atoms with Gasteiger partial charge in [0.1, 0.15) is 17.3 Å². The fourth-order valence-corrected chi connectivity index (χ4v) is 3.76. The Bertz CT molecular complexity index is 1070. The van der Waals surface area contributed by atoms with E-state index in [4.69, 9.17) is 19.9 Å². The van der Waals surface area contributed by atoms with Crippen LogP contribution in [0.25, 0.3) is 0 Å². The molecule has 2 heterocycles. The number of esters is 2. The monoisotopic (exact) mass is 465 g/mol. The van der Waals surface area contributed by atoms with Gasteiger partial charge in [-0.1, -0.05) is 0 Å². The van der Waals surface area contributed by atoms with Gasteiger partial charge in [-0.05, 0) is 25.5 Å². The van der Waals surface area contributed by atoms with E-state index in [9.17, 15) is 24.0 Å². The van der Waals surface area contributed by atoms with Gasteiger partial charge < -0.3 is 29.8 Å². The number of ketones is 1. The number of ether oxygens (including phenoxy) is 3. The lowest BCUT2D eigenvalue weighted by molar-refractivity contribution is -0.119. The molecule has 0 atom stereocenters. The Morgan fingerprint density at radius 2 is 1.81 bits per heavy atom. The summed E-state index contributed by atoms with van der Waals surface area (Å²) in [6, 6.07) is 1.36. The minimum absolute atomic E-state index is 0.0203. The Balaban J connectivity index is 2.12. The average Bonchev–Trinajstić information content (AvgIpc) is 3.26. The number of methoxy groups -OCH3 is 1. The number of rotatable bonds is 10. The fraction of sp³-hybridized carbons (Fsp3) is 0.350. The number of nitrogens with one attached hydrogen (secondary N) is 1. The summed E-state index contributed by atoms with van der Waals surface area (Å²) < 4.78 is 16.3. The van der Waals surface area contributed by atoms with Crippen LogP contribution in [0.4, 0.5) is 5.00 Å². The highest BCUT2D eigenvalue weighted by molar-refractivity contribution is 7.18. The number of carbonyl (C=O) groups excluding carboxylic acids is 5. The van der Waals surface area contributed by atoms with Crippen LogP contribution in [0.15, 0.2) is 12.3 Å². The van der Waals surface area contributed by atoms with Crippen LogP contribution in [-0.4, -0.2) is 61.0 Å². The Morgan fingerprint density at radius 3 is 2.38 bits per heavy atom. The van der Waals surface area contributed by atoms with Crippen molar-refractivity contribution in [2.75, 3.05) is 32.2 Å². The van der Waals surface area contributed by atoms with E-state index in [1.54, 1.807) is 7.05 Å². The molecule has 0 radical (unpaired) electrons. The third-order valence-corrected chi connectivity index (χ3v) is 5.53.